The Kier molecular flexibility index (Phi) is 6.45. The number of piperidine rings is 2. The van der Waals surface area contributed by atoms with Crippen LogP contribution < -0.4 is 10.6 Å². The lowest BCUT2D eigenvalue weighted by atomic mass is 10.00. The van der Waals surface area contributed by atoms with Crippen molar-refractivity contribution in [2.24, 2.45) is 0 Å². The van der Waals surface area contributed by atoms with Crippen LogP contribution in [-0.4, -0.2) is 52.9 Å². The molecular formula is C22H27BrN5O. The highest BCUT2D eigenvalue weighted by Gasteiger charge is 2.27. The molecule has 2 aromatic heterocycles. The molecule has 153 valence electrons. The highest BCUT2D eigenvalue weighted by Crippen LogP contribution is 2.26. The number of anilines is 1. The Bertz CT molecular complexity index is 868. The molecule has 6 nitrogen and oxygen atoms in total. The SMILES string of the molecule is [NH]c1ncc(Br)cc1C(=O)c1cccc(N2CCCCC2CN2CCCCC2)n1. The minimum atomic E-state index is -0.254. The first kappa shape index (κ1) is 20.3. The zero-order valence-corrected chi connectivity index (χ0v) is 18.2. The highest BCUT2D eigenvalue weighted by atomic mass is 79.9. The lowest BCUT2D eigenvalue weighted by molar-refractivity contribution is 0.103. The van der Waals surface area contributed by atoms with Gasteiger partial charge in [0.2, 0.25) is 5.78 Å². The Morgan fingerprint density at radius 1 is 1.14 bits per heavy atom. The van der Waals surface area contributed by atoms with E-state index in [1.54, 1.807) is 12.1 Å². The Morgan fingerprint density at radius 2 is 1.93 bits per heavy atom. The van der Waals surface area contributed by atoms with Gasteiger partial charge in [0.15, 0.2) is 5.82 Å². The predicted octanol–water partition coefficient (Wildman–Crippen LogP) is 4.23. The highest BCUT2D eigenvalue weighted by molar-refractivity contribution is 9.10. The van der Waals surface area contributed by atoms with Crippen molar-refractivity contribution in [2.75, 3.05) is 31.1 Å². The summed E-state index contributed by atoms with van der Waals surface area (Å²) in [5, 5.41) is 0. The number of likely N-dealkylation sites (tertiary alicyclic amines) is 1. The number of ketones is 1. The maximum absolute atomic E-state index is 13.0. The molecule has 7 heteroatoms. The summed E-state index contributed by atoms with van der Waals surface area (Å²) >= 11 is 3.34. The van der Waals surface area contributed by atoms with Crippen LogP contribution in [-0.2, 0) is 0 Å². The fourth-order valence-corrected chi connectivity index (χ4v) is 4.72. The molecule has 1 atom stereocenters. The second-order valence-corrected chi connectivity index (χ2v) is 8.88. The number of carbonyl (C=O) groups excluding carboxylic acids is 1. The van der Waals surface area contributed by atoms with Crippen LogP contribution in [0.1, 0.15) is 54.6 Å². The molecule has 29 heavy (non-hydrogen) atoms. The molecule has 2 fully saturated rings. The summed E-state index contributed by atoms with van der Waals surface area (Å²) in [4.78, 5) is 26.6. The Balaban J connectivity index is 1.56. The van der Waals surface area contributed by atoms with Gasteiger partial charge in [0.25, 0.3) is 0 Å². The van der Waals surface area contributed by atoms with Crippen molar-refractivity contribution in [3.63, 3.8) is 0 Å². The van der Waals surface area contributed by atoms with Crippen LogP contribution in [0.3, 0.4) is 0 Å². The standard InChI is InChI=1S/C22H27BrN5O/c23-16-13-18(22(24)25-14-16)21(29)19-8-6-9-20(26-19)28-12-5-2-7-17(28)15-27-10-3-1-4-11-27/h6,8-9,13-14,17,24H,1-5,7,10-12,15H2. The number of rotatable bonds is 5. The van der Waals surface area contributed by atoms with Crippen molar-refractivity contribution in [1.82, 2.24) is 20.6 Å². The number of halogens is 1. The number of nitrogens with zero attached hydrogens (tertiary/aromatic N) is 4. The largest absolute Gasteiger partial charge is 0.352 e. The van der Waals surface area contributed by atoms with Gasteiger partial charge in [0.05, 0.1) is 5.56 Å². The van der Waals surface area contributed by atoms with Crippen molar-refractivity contribution < 1.29 is 4.79 Å². The Labute approximate surface area is 180 Å². The Morgan fingerprint density at radius 3 is 2.76 bits per heavy atom. The van der Waals surface area contributed by atoms with Gasteiger partial charge in [0.1, 0.15) is 11.5 Å². The molecule has 0 amide bonds. The van der Waals surface area contributed by atoms with Crippen molar-refractivity contribution in [3.8, 4) is 0 Å². The molecule has 4 rings (SSSR count). The number of hydrogen-bond donors (Lipinski definition) is 0. The first-order chi connectivity index (χ1) is 14.1. The van der Waals surface area contributed by atoms with E-state index in [4.69, 9.17) is 10.7 Å². The summed E-state index contributed by atoms with van der Waals surface area (Å²) in [5.74, 6) is 0.591. The second-order valence-electron chi connectivity index (χ2n) is 7.96. The molecule has 1 radical (unpaired) electrons. The molecule has 0 spiro atoms. The van der Waals surface area contributed by atoms with Crippen LogP contribution >= 0.6 is 15.9 Å². The van der Waals surface area contributed by atoms with Gasteiger partial charge in [-0.2, -0.15) is 0 Å². The maximum Gasteiger partial charge on any atom is 0.215 e. The van der Waals surface area contributed by atoms with Crippen LogP contribution in [0.2, 0.25) is 0 Å². The van der Waals surface area contributed by atoms with E-state index in [2.05, 4.69) is 30.7 Å². The molecule has 0 aromatic carbocycles. The molecule has 0 aliphatic carbocycles. The number of carbonyl (C=O) groups is 1. The summed E-state index contributed by atoms with van der Waals surface area (Å²) in [7, 11) is 0. The van der Waals surface area contributed by atoms with E-state index in [0.717, 1.165) is 25.3 Å². The molecule has 2 aromatic rings. The van der Waals surface area contributed by atoms with Gasteiger partial charge < -0.3 is 9.80 Å². The average Bonchev–Trinajstić information content (AvgIpc) is 2.76. The van der Waals surface area contributed by atoms with Gasteiger partial charge in [-0.05, 0) is 79.3 Å². The van der Waals surface area contributed by atoms with Gasteiger partial charge in [-0.3, -0.25) is 10.5 Å². The summed E-state index contributed by atoms with van der Waals surface area (Å²) in [6, 6.07) is 7.73. The lowest BCUT2D eigenvalue weighted by Gasteiger charge is -2.40. The zero-order valence-electron chi connectivity index (χ0n) is 16.6. The molecular weight excluding hydrogens is 430 g/mol. The summed E-state index contributed by atoms with van der Waals surface area (Å²) in [6.45, 7) is 4.44. The third kappa shape index (κ3) is 4.78. The lowest BCUT2D eigenvalue weighted by Crippen LogP contribution is -2.48. The van der Waals surface area contributed by atoms with Gasteiger partial charge in [0, 0.05) is 29.8 Å². The fraction of sp³-hybridized carbons (Fsp3) is 0.500. The van der Waals surface area contributed by atoms with Crippen molar-refractivity contribution in [2.45, 2.75) is 44.6 Å². The monoisotopic (exact) mass is 456 g/mol. The van der Waals surface area contributed by atoms with Crippen LogP contribution in [0.5, 0.6) is 0 Å². The minimum absolute atomic E-state index is 0.0219. The van der Waals surface area contributed by atoms with E-state index < -0.39 is 0 Å². The quantitative estimate of drug-likeness (QED) is 0.629. The first-order valence-corrected chi connectivity index (χ1v) is 11.3. The normalized spacial score (nSPS) is 20.6. The van der Waals surface area contributed by atoms with Gasteiger partial charge >= 0.3 is 0 Å². The molecule has 4 heterocycles. The van der Waals surface area contributed by atoms with Crippen molar-refractivity contribution in [3.05, 3.63) is 46.2 Å². The van der Waals surface area contributed by atoms with Gasteiger partial charge in [-0.1, -0.05) is 12.5 Å². The van der Waals surface area contributed by atoms with Gasteiger partial charge in [-0.15, -0.1) is 0 Å². The van der Waals surface area contributed by atoms with E-state index in [0.29, 0.717) is 16.2 Å². The first-order valence-electron chi connectivity index (χ1n) is 10.5. The van der Waals surface area contributed by atoms with E-state index in [1.165, 1.54) is 51.4 Å². The molecule has 1 unspecified atom stereocenters. The molecule has 0 bridgehead atoms. The maximum atomic E-state index is 13.0. The minimum Gasteiger partial charge on any atom is -0.352 e. The molecule has 0 saturated carbocycles. The number of pyridine rings is 2. The van der Waals surface area contributed by atoms with E-state index in [1.807, 2.05) is 12.1 Å². The molecule has 2 saturated heterocycles. The zero-order chi connectivity index (χ0) is 20.2. The number of aromatic nitrogens is 2. The second kappa shape index (κ2) is 9.22. The summed E-state index contributed by atoms with van der Waals surface area (Å²) in [6.07, 6.45) is 9.04. The van der Waals surface area contributed by atoms with Crippen molar-refractivity contribution in [1.29, 1.82) is 0 Å². The smallest absolute Gasteiger partial charge is 0.215 e. The van der Waals surface area contributed by atoms with Crippen LogP contribution in [0.15, 0.2) is 34.9 Å². The van der Waals surface area contributed by atoms with Crippen molar-refractivity contribution >= 4 is 33.3 Å². The fourth-order valence-electron chi connectivity index (χ4n) is 4.39. The summed E-state index contributed by atoms with van der Waals surface area (Å²) in [5.41, 5.74) is 8.62. The van der Waals surface area contributed by atoms with E-state index in [9.17, 15) is 4.79 Å². The molecule has 2 aliphatic heterocycles. The molecule has 2 aliphatic rings. The molecule has 1 N–H and O–H groups in total. The predicted molar refractivity (Wildman–Crippen MR) is 118 cm³/mol. The van der Waals surface area contributed by atoms with E-state index >= 15 is 0 Å². The average molecular weight is 457 g/mol. The van der Waals surface area contributed by atoms with Crippen LogP contribution in [0.4, 0.5) is 11.6 Å². The Hall–Kier alpha value is -1.99. The number of hydrogen-bond acceptors (Lipinski definition) is 5. The van der Waals surface area contributed by atoms with Gasteiger partial charge in [-0.25, -0.2) is 9.97 Å². The van der Waals surface area contributed by atoms with Crippen LogP contribution in [0.25, 0.3) is 0 Å². The third-order valence-corrected chi connectivity index (χ3v) is 6.34. The summed E-state index contributed by atoms with van der Waals surface area (Å²) < 4.78 is 0.686. The topological polar surface area (TPSA) is 73.1 Å². The third-order valence-electron chi connectivity index (χ3n) is 5.91. The number of nitrogens with one attached hydrogen (secondary N) is 1. The van der Waals surface area contributed by atoms with Crippen LogP contribution in [0, 0.1) is 0 Å². The van der Waals surface area contributed by atoms with E-state index in [-0.39, 0.29) is 17.2 Å².